The smallest absolute Gasteiger partial charge is 0.305 e. The van der Waals surface area contributed by atoms with E-state index in [1.165, 1.54) is 7.11 Å². The molecule has 0 aliphatic heterocycles. The van der Waals surface area contributed by atoms with Crippen molar-refractivity contribution in [2.75, 3.05) is 19.0 Å². The fraction of sp³-hybridized carbons (Fsp3) is 0.714. The van der Waals surface area contributed by atoms with Gasteiger partial charge in [0.2, 0.25) is 0 Å². The van der Waals surface area contributed by atoms with Gasteiger partial charge < -0.3 is 10.1 Å². The maximum atomic E-state index is 11.1. The van der Waals surface area contributed by atoms with Crippen LogP contribution in [0.15, 0.2) is 5.38 Å². The van der Waals surface area contributed by atoms with Crippen LogP contribution in [0.3, 0.4) is 0 Å². The van der Waals surface area contributed by atoms with E-state index in [-0.39, 0.29) is 11.4 Å². The Bertz CT molecular complexity index is 410. The number of methoxy groups -OCH3 is 1. The SMILES string of the molecule is COC(=O)CCc1csc(NCC(C)C(C)(C)C)n1. The molecule has 1 aromatic rings. The summed E-state index contributed by atoms with van der Waals surface area (Å²) in [6, 6.07) is 0. The third-order valence-electron chi connectivity index (χ3n) is 3.40. The average molecular weight is 284 g/mol. The van der Waals surface area contributed by atoms with Gasteiger partial charge in [0.15, 0.2) is 5.13 Å². The number of ether oxygens (including phenoxy) is 1. The highest BCUT2D eigenvalue weighted by Crippen LogP contribution is 2.26. The minimum Gasteiger partial charge on any atom is -0.469 e. The molecule has 1 unspecified atom stereocenters. The second-order valence-corrected chi connectivity index (χ2v) is 6.73. The number of hydrogen-bond acceptors (Lipinski definition) is 5. The van der Waals surface area contributed by atoms with E-state index in [2.05, 4.69) is 42.7 Å². The molecule has 1 aromatic heterocycles. The molecule has 1 rings (SSSR count). The quantitative estimate of drug-likeness (QED) is 0.814. The summed E-state index contributed by atoms with van der Waals surface area (Å²) in [7, 11) is 1.41. The second kappa shape index (κ2) is 6.89. The van der Waals surface area contributed by atoms with E-state index in [1.807, 2.05) is 5.38 Å². The Kier molecular flexibility index (Phi) is 5.79. The third kappa shape index (κ3) is 5.59. The maximum Gasteiger partial charge on any atom is 0.305 e. The molecular formula is C14H24N2O2S. The number of thiazole rings is 1. The molecule has 0 fully saturated rings. The van der Waals surface area contributed by atoms with E-state index in [0.29, 0.717) is 18.8 Å². The number of nitrogens with one attached hydrogen (secondary N) is 1. The molecule has 108 valence electrons. The largest absolute Gasteiger partial charge is 0.469 e. The summed E-state index contributed by atoms with van der Waals surface area (Å²) in [6.45, 7) is 9.86. The first-order valence-corrected chi connectivity index (χ1v) is 7.46. The summed E-state index contributed by atoms with van der Waals surface area (Å²) >= 11 is 1.59. The van der Waals surface area contributed by atoms with E-state index in [4.69, 9.17) is 0 Å². The molecule has 0 bridgehead atoms. The minimum atomic E-state index is -0.191. The topological polar surface area (TPSA) is 51.2 Å². The van der Waals surface area contributed by atoms with Crippen LogP contribution in [0.2, 0.25) is 0 Å². The summed E-state index contributed by atoms with van der Waals surface area (Å²) in [4.78, 5) is 15.5. The Morgan fingerprint density at radius 1 is 1.53 bits per heavy atom. The Labute approximate surface area is 119 Å². The highest BCUT2D eigenvalue weighted by molar-refractivity contribution is 7.13. The first kappa shape index (κ1) is 16.0. The summed E-state index contributed by atoms with van der Waals surface area (Å²) < 4.78 is 4.62. The molecule has 0 aliphatic rings. The zero-order valence-electron chi connectivity index (χ0n) is 12.4. The fourth-order valence-electron chi connectivity index (χ4n) is 1.38. The van der Waals surface area contributed by atoms with Crippen molar-refractivity contribution in [1.82, 2.24) is 4.98 Å². The van der Waals surface area contributed by atoms with Gasteiger partial charge in [-0.05, 0) is 11.3 Å². The highest BCUT2D eigenvalue weighted by Gasteiger charge is 2.19. The summed E-state index contributed by atoms with van der Waals surface area (Å²) in [6.07, 6.45) is 1.03. The van der Waals surface area contributed by atoms with Crippen LogP contribution >= 0.6 is 11.3 Å². The van der Waals surface area contributed by atoms with Crippen LogP contribution in [0.25, 0.3) is 0 Å². The molecule has 1 atom stereocenters. The number of hydrogen-bond donors (Lipinski definition) is 1. The molecule has 0 saturated carbocycles. The Hall–Kier alpha value is -1.10. The van der Waals surface area contributed by atoms with Crippen molar-refractivity contribution in [1.29, 1.82) is 0 Å². The van der Waals surface area contributed by atoms with Crippen molar-refractivity contribution in [3.63, 3.8) is 0 Å². The van der Waals surface area contributed by atoms with Gasteiger partial charge in [0.25, 0.3) is 0 Å². The van der Waals surface area contributed by atoms with Gasteiger partial charge in [-0.15, -0.1) is 11.3 Å². The Balaban J connectivity index is 2.41. The Morgan fingerprint density at radius 3 is 2.79 bits per heavy atom. The van der Waals surface area contributed by atoms with Gasteiger partial charge in [0.05, 0.1) is 19.2 Å². The van der Waals surface area contributed by atoms with Crippen molar-refractivity contribution in [2.45, 2.75) is 40.5 Å². The number of rotatable bonds is 6. The lowest BCUT2D eigenvalue weighted by Crippen LogP contribution is -2.24. The number of aromatic nitrogens is 1. The van der Waals surface area contributed by atoms with E-state index >= 15 is 0 Å². The van der Waals surface area contributed by atoms with Crippen LogP contribution in [-0.2, 0) is 16.0 Å². The minimum absolute atomic E-state index is 0.191. The number of carbonyl (C=O) groups excluding carboxylic acids is 1. The highest BCUT2D eigenvalue weighted by atomic mass is 32.1. The molecule has 0 saturated heterocycles. The Morgan fingerprint density at radius 2 is 2.21 bits per heavy atom. The van der Waals surface area contributed by atoms with Gasteiger partial charge in [-0.1, -0.05) is 27.7 Å². The summed E-state index contributed by atoms with van der Waals surface area (Å²) in [5.74, 6) is 0.374. The molecule has 0 spiro atoms. The van der Waals surface area contributed by atoms with Gasteiger partial charge in [-0.3, -0.25) is 4.79 Å². The lowest BCUT2D eigenvalue weighted by Gasteiger charge is -2.27. The maximum absolute atomic E-state index is 11.1. The third-order valence-corrected chi connectivity index (χ3v) is 4.25. The van der Waals surface area contributed by atoms with Crippen molar-refractivity contribution >= 4 is 22.4 Å². The summed E-state index contributed by atoms with van der Waals surface area (Å²) in [5.41, 5.74) is 1.24. The number of carbonyl (C=O) groups is 1. The predicted octanol–water partition coefficient (Wildman–Crippen LogP) is 3.34. The fourth-order valence-corrected chi connectivity index (χ4v) is 2.14. The monoisotopic (exact) mass is 284 g/mol. The number of anilines is 1. The average Bonchev–Trinajstić information content (AvgIpc) is 2.79. The van der Waals surface area contributed by atoms with E-state index in [0.717, 1.165) is 17.4 Å². The first-order valence-electron chi connectivity index (χ1n) is 6.58. The lowest BCUT2D eigenvalue weighted by atomic mass is 9.82. The lowest BCUT2D eigenvalue weighted by molar-refractivity contribution is -0.140. The van der Waals surface area contributed by atoms with Crippen LogP contribution in [0.5, 0.6) is 0 Å². The van der Waals surface area contributed by atoms with Crippen molar-refractivity contribution in [2.24, 2.45) is 11.3 Å². The molecular weight excluding hydrogens is 260 g/mol. The van der Waals surface area contributed by atoms with Gasteiger partial charge in [-0.25, -0.2) is 4.98 Å². The van der Waals surface area contributed by atoms with Crippen LogP contribution in [0.4, 0.5) is 5.13 Å². The van der Waals surface area contributed by atoms with Gasteiger partial charge in [0.1, 0.15) is 0 Å². The van der Waals surface area contributed by atoms with Gasteiger partial charge in [-0.2, -0.15) is 0 Å². The molecule has 0 aromatic carbocycles. The zero-order valence-corrected chi connectivity index (χ0v) is 13.3. The summed E-state index contributed by atoms with van der Waals surface area (Å²) in [5, 5.41) is 6.28. The van der Waals surface area contributed by atoms with Gasteiger partial charge in [0, 0.05) is 18.3 Å². The van der Waals surface area contributed by atoms with Crippen molar-refractivity contribution in [3.8, 4) is 0 Å². The van der Waals surface area contributed by atoms with Gasteiger partial charge >= 0.3 is 5.97 Å². The van der Waals surface area contributed by atoms with Crippen LogP contribution < -0.4 is 5.32 Å². The molecule has 19 heavy (non-hydrogen) atoms. The number of esters is 1. The van der Waals surface area contributed by atoms with Crippen molar-refractivity contribution in [3.05, 3.63) is 11.1 Å². The normalized spacial score (nSPS) is 13.1. The van der Waals surface area contributed by atoms with Crippen LogP contribution in [-0.4, -0.2) is 24.6 Å². The number of nitrogens with zero attached hydrogens (tertiary/aromatic N) is 1. The zero-order chi connectivity index (χ0) is 14.5. The molecule has 4 nitrogen and oxygen atoms in total. The number of aryl methyl sites for hydroxylation is 1. The first-order chi connectivity index (χ1) is 8.82. The van der Waals surface area contributed by atoms with Crippen LogP contribution in [0, 0.1) is 11.3 Å². The second-order valence-electron chi connectivity index (χ2n) is 5.87. The molecule has 0 radical (unpaired) electrons. The van der Waals surface area contributed by atoms with Crippen molar-refractivity contribution < 1.29 is 9.53 Å². The molecule has 1 heterocycles. The standard InChI is InChI=1S/C14H24N2O2S/c1-10(14(2,3)4)8-15-13-16-11(9-19-13)6-7-12(17)18-5/h9-10H,6-8H2,1-5H3,(H,15,16). The molecule has 1 N–H and O–H groups in total. The molecule has 5 heteroatoms. The molecule has 0 amide bonds. The molecule has 0 aliphatic carbocycles. The van der Waals surface area contributed by atoms with Crippen LogP contribution in [0.1, 0.15) is 39.8 Å². The van der Waals surface area contributed by atoms with E-state index < -0.39 is 0 Å². The predicted molar refractivity (Wildman–Crippen MR) is 79.6 cm³/mol. The van der Waals surface area contributed by atoms with E-state index in [1.54, 1.807) is 11.3 Å². The van der Waals surface area contributed by atoms with E-state index in [9.17, 15) is 4.79 Å².